The van der Waals surface area contributed by atoms with E-state index in [-0.39, 0.29) is 23.2 Å². The second-order valence-electron chi connectivity index (χ2n) is 3.66. The summed E-state index contributed by atoms with van der Waals surface area (Å²) in [6, 6.07) is 2.12. The van der Waals surface area contributed by atoms with Crippen LogP contribution in [0, 0.1) is 28.6 Å². The van der Waals surface area contributed by atoms with E-state index < -0.39 is 0 Å². The lowest BCUT2D eigenvalue weighted by Gasteiger charge is -2.01. The molecule has 0 aliphatic heterocycles. The molecule has 3 heteroatoms. The molecule has 0 amide bonds. The number of hydrogen-bond donors (Lipinski definition) is 0. The van der Waals surface area contributed by atoms with Gasteiger partial charge in [-0.2, -0.15) is 5.26 Å². The van der Waals surface area contributed by atoms with Crippen molar-refractivity contribution in [3.63, 3.8) is 0 Å². The number of rotatable bonds is 2. The summed E-state index contributed by atoms with van der Waals surface area (Å²) < 4.78 is 4.84. The van der Waals surface area contributed by atoms with Gasteiger partial charge in [-0.05, 0) is 12.3 Å². The van der Waals surface area contributed by atoms with E-state index in [9.17, 15) is 4.79 Å². The Morgan fingerprint density at radius 3 is 2.58 bits per heavy atom. The maximum Gasteiger partial charge on any atom is 0.310 e. The highest BCUT2D eigenvalue weighted by Crippen LogP contribution is 2.58. The average molecular weight is 167 g/mol. The molecule has 0 bridgehead atoms. The highest BCUT2D eigenvalue weighted by atomic mass is 16.5. The van der Waals surface area contributed by atoms with E-state index in [1.165, 1.54) is 0 Å². The second-order valence-corrected chi connectivity index (χ2v) is 3.66. The van der Waals surface area contributed by atoms with Gasteiger partial charge < -0.3 is 4.74 Å². The van der Waals surface area contributed by atoms with Crippen LogP contribution in [0.25, 0.3) is 0 Å². The van der Waals surface area contributed by atoms with Gasteiger partial charge in [0.25, 0.3) is 0 Å². The van der Waals surface area contributed by atoms with Crippen molar-refractivity contribution >= 4 is 5.97 Å². The number of carbonyl (C=O) groups excluding carboxylic acids is 1. The van der Waals surface area contributed by atoms with Gasteiger partial charge in [-0.15, -0.1) is 0 Å². The van der Waals surface area contributed by atoms with Crippen molar-refractivity contribution in [3.8, 4) is 6.07 Å². The van der Waals surface area contributed by atoms with Crippen LogP contribution in [0.5, 0.6) is 0 Å². The molecule has 1 rings (SSSR count). The Bertz CT molecular complexity index is 239. The first kappa shape index (κ1) is 9.05. The zero-order valence-corrected chi connectivity index (χ0v) is 7.63. The van der Waals surface area contributed by atoms with Crippen LogP contribution >= 0.6 is 0 Å². The summed E-state index contributed by atoms with van der Waals surface area (Å²) in [4.78, 5) is 11.2. The molecule has 0 aromatic heterocycles. The topological polar surface area (TPSA) is 50.1 Å². The summed E-state index contributed by atoms with van der Waals surface area (Å²) in [5.74, 6) is -0.590. The fourth-order valence-corrected chi connectivity index (χ4v) is 1.55. The van der Waals surface area contributed by atoms with E-state index in [1.54, 1.807) is 6.92 Å². The zero-order chi connectivity index (χ0) is 9.35. The fraction of sp³-hybridized carbons (Fsp3) is 0.778. The largest absolute Gasteiger partial charge is 0.466 e. The molecule has 1 saturated carbocycles. The molecule has 1 aliphatic rings. The number of hydrogen-bond acceptors (Lipinski definition) is 3. The summed E-state index contributed by atoms with van der Waals surface area (Å²) in [5.41, 5.74) is -0.180. The molecule has 12 heavy (non-hydrogen) atoms. The van der Waals surface area contributed by atoms with Crippen molar-refractivity contribution in [2.24, 2.45) is 17.3 Å². The summed E-state index contributed by atoms with van der Waals surface area (Å²) in [5, 5.41) is 8.67. The van der Waals surface area contributed by atoms with Gasteiger partial charge in [-0.1, -0.05) is 13.8 Å². The first-order valence-corrected chi connectivity index (χ1v) is 4.12. The number of carbonyl (C=O) groups is 1. The molecule has 0 N–H and O–H groups in total. The molecule has 66 valence electrons. The molecule has 2 unspecified atom stereocenters. The van der Waals surface area contributed by atoms with Crippen molar-refractivity contribution in [3.05, 3.63) is 0 Å². The molecule has 1 aliphatic carbocycles. The van der Waals surface area contributed by atoms with Crippen LogP contribution in [0.3, 0.4) is 0 Å². The molecular formula is C9H13NO2. The van der Waals surface area contributed by atoms with E-state index >= 15 is 0 Å². The van der Waals surface area contributed by atoms with Crippen LogP contribution in [0.1, 0.15) is 20.8 Å². The highest BCUT2D eigenvalue weighted by Gasteiger charge is 2.63. The third-order valence-corrected chi connectivity index (χ3v) is 2.51. The molecule has 2 atom stereocenters. The van der Waals surface area contributed by atoms with E-state index in [0.29, 0.717) is 6.61 Å². The molecule has 3 nitrogen and oxygen atoms in total. The van der Waals surface area contributed by atoms with Crippen molar-refractivity contribution in [2.75, 3.05) is 6.61 Å². The lowest BCUT2D eigenvalue weighted by molar-refractivity contribution is -0.145. The Labute approximate surface area is 72.3 Å². The van der Waals surface area contributed by atoms with E-state index in [4.69, 9.17) is 10.00 Å². The van der Waals surface area contributed by atoms with Gasteiger partial charge in [-0.25, -0.2) is 0 Å². The molecule has 0 aromatic rings. The van der Waals surface area contributed by atoms with Crippen LogP contribution in [-0.4, -0.2) is 12.6 Å². The highest BCUT2D eigenvalue weighted by molar-refractivity contribution is 5.78. The van der Waals surface area contributed by atoms with Gasteiger partial charge in [0.05, 0.1) is 24.5 Å². The normalized spacial score (nSPS) is 30.5. The molecule has 1 fully saturated rings. The lowest BCUT2D eigenvalue weighted by atomic mass is 10.1. The minimum atomic E-state index is -0.228. The summed E-state index contributed by atoms with van der Waals surface area (Å²) in [6.07, 6.45) is 0. The number of nitrogens with zero attached hydrogens (tertiary/aromatic N) is 1. The smallest absolute Gasteiger partial charge is 0.310 e. The monoisotopic (exact) mass is 167 g/mol. The second kappa shape index (κ2) is 2.78. The van der Waals surface area contributed by atoms with Crippen LogP contribution in [0.15, 0.2) is 0 Å². The summed E-state index contributed by atoms with van der Waals surface area (Å²) >= 11 is 0. The standard InChI is InChI=1S/C9H13NO2/c1-4-12-8(11)7-6(5-10)9(7,2)3/h6-7H,4H2,1-3H3. The van der Waals surface area contributed by atoms with Crippen LogP contribution in [0.4, 0.5) is 0 Å². The van der Waals surface area contributed by atoms with Crippen LogP contribution in [0.2, 0.25) is 0 Å². The Balaban J connectivity index is 2.59. The Hall–Kier alpha value is -1.04. The lowest BCUT2D eigenvalue weighted by Crippen LogP contribution is -2.10. The minimum absolute atomic E-state index is 0.156. The molecule has 0 aromatic carbocycles. The summed E-state index contributed by atoms with van der Waals surface area (Å²) in [6.45, 7) is 6.00. The third-order valence-electron chi connectivity index (χ3n) is 2.51. The average Bonchev–Trinajstić information content (AvgIpc) is 2.53. The van der Waals surface area contributed by atoms with Gasteiger partial charge in [0.15, 0.2) is 0 Å². The first-order valence-electron chi connectivity index (χ1n) is 4.12. The third kappa shape index (κ3) is 1.18. The predicted octanol–water partition coefficient (Wildman–Crippen LogP) is 1.35. The first-order chi connectivity index (χ1) is 5.55. The predicted molar refractivity (Wildman–Crippen MR) is 43.0 cm³/mol. The van der Waals surface area contributed by atoms with Gasteiger partial charge in [-0.3, -0.25) is 4.79 Å². The Morgan fingerprint density at radius 2 is 2.25 bits per heavy atom. The maximum atomic E-state index is 11.2. The molecular weight excluding hydrogens is 154 g/mol. The van der Waals surface area contributed by atoms with Crippen molar-refractivity contribution in [1.29, 1.82) is 5.26 Å². The van der Waals surface area contributed by atoms with Gasteiger partial charge in [0, 0.05) is 0 Å². The molecule has 0 saturated heterocycles. The molecule has 0 heterocycles. The molecule has 0 radical (unpaired) electrons. The van der Waals surface area contributed by atoms with E-state index in [1.807, 2.05) is 13.8 Å². The van der Waals surface area contributed by atoms with Gasteiger partial charge >= 0.3 is 5.97 Å². The minimum Gasteiger partial charge on any atom is -0.466 e. The number of ether oxygens (including phenoxy) is 1. The van der Waals surface area contributed by atoms with E-state index in [2.05, 4.69) is 6.07 Å². The van der Waals surface area contributed by atoms with Gasteiger partial charge in [0.2, 0.25) is 0 Å². The molecule has 0 spiro atoms. The van der Waals surface area contributed by atoms with Crippen molar-refractivity contribution < 1.29 is 9.53 Å². The van der Waals surface area contributed by atoms with Crippen LogP contribution in [-0.2, 0) is 9.53 Å². The zero-order valence-electron chi connectivity index (χ0n) is 7.63. The van der Waals surface area contributed by atoms with E-state index in [0.717, 1.165) is 0 Å². The number of esters is 1. The summed E-state index contributed by atoms with van der Waals surface area (Å²) in [7, 11) is 0. The van der Waals surface area contributed by atoms with Crippen molar-refractivity contribution in [2.45, 2.75) is 20.8 Å². The van der Waals surface area contributed by atoms with Crippen LogP contribution < -0.4 is 0 Å². The fourth-order valence-electron chi connectivity index (χ4n) is 1.55. The Morgan fingerprint density at radius 1 is 1.67 bits per heavy atom. The Kier molecular flexibility index (Phi) is 2.10. The number of nitriles is 1. The quantitative estimate of drug-likeness (QED) is 0.583. The van der Waals surface area contributed by atoms with Crippen molar-refractivity contribution in [1.82, 2.24) is 0 Å². The maximum absolute atomic E-state index is 11.2. The van der Waals surface area contributed by atoms with Gasteiger partial charge in [0.1, 0.15) is 0 Å². The SMILES string of the molecule is CCOC(=O)C1C(C#N)C1(C)C.